The lowest BCUT2D eigenvalue weighted by Gasteiger charge is -2.15. The second-order valence-electron chi connectivity index (χ2n) is 14.9. The molecule has 59 heavy (non-hydrogen) atoms. The Morgan fingerprint density at radius 1 is 0.424 bits per heavy atom. The van der Waals surface area contributed by atoms with Crippen molar-refractivity contribution in [3.05, 3.63) is 223 Å². The number of para-hydroxylation sites is 4. The van der Waals surface area contributed by atoms with Gasteiger partial charge in [0.15, 0.2) is 5.84 Å². The van der Waals surface area contributed by atoms with E-state index in [-0.39, 0.29) is 0 Å². The van der Waals surface area contributed by atoms with Gasteiger partial charge in [-0.2, -0.15) is 0 Å². The van der Waals surface area contributed by atoms with E-state index in [9.17, 15) is 0 Å². The van der Waals surface area contributed by atoms with Gasteiger partial charge in [0.1, 0.15) is 5.84 Å². The summed E-state index contributed by atoms with van der Waals surface area (Å²) < 4.78 is 7.08. The number of aliphatic imine (C=N–C) groups is 2. The Hall–Kier alpha value is -7.96. The fraction of sp³-hybridized carbons (Fsp3) is 0.0189. The highest BCUT2D eigenvalue weighted by molar-refractivity contribution is 6.14. The Bertz CT molecular complexity index is 3350. The van der Waals surface area contributed by atoms with Gasteiger partial charge < -0.3 is 19.4 Å². The smallest absolute Gasteiger partial charge is 0.157 e. The van der Waals surface area contributed by atoms with Gasteiger partial charge in [-0.25, -0.2) is 4.99 Å². The molecule has 11 rings (SSSR count). The molecule has 6 heteroatoms. The SMILES string of the molecule is NC(=NC(=NCc1cc(-n2c3ccccc3c3ccccc32)cc(-n2c3ccccc3c3cc4c(ccn4-c4ccccc4)cc32)c1)c1ccccc1)c1ccccc1. The average molecular weight is 759 g/mol. The third kappa shape index (κ3) is 5.97. The number of benzene rings is 8. The van der Waals surface area contributed by atoms with Gasteiger partial charge in [0, 0.05) is 61.3 Å². The van der Waals surface area contributed by atoms with E-state index < -0.39 is 0 Å². The highest BCUT2D eigenvalue weighted by atomic mass is 15.0. The molecular formula is C53H38N6. The second-order valence-corrected chi connectivity index (χ2v) is 14.9. The van der Waals surface area contributed by atoms with Crippen LogP contribution in [0.25, 0.3) is 71.6 Å². The summed E-state index contributed by atoms with van der Waals surface area (Å²) in [6, 6.07) is 70.3. The fourth-order valence-corrected chi connectivity index (χ4v) is 8.63. The van der Waals surface area contributed by atoms with Crippen LogP contribution in [0.4, 0.5) is 0 Å². The highest BCUT2D eigenvalue weighted by Gasteiger charge is 2.18. The van der Waals surface area contributed by atoms with E-state index in [1.807, 2.05) is 60.7 Å². The van der Waals surface area contributed by atoms with Gasteiger partial charge >= 0.3 is 0 Å². The lowest BCUT2D eigenvalue weighted by atomic mass is 10.1. The predicted octanol–water partition coefficient (Wildman–Crippen LogP) is 12.2. The molecule has 0 unspecified atom stereocenters. The number of nitrogens with two attached hydrogens (primary N) is 1. The molecule has 2 N–H and O–H groups in total. The molecule has 0 radical (unpaired) electrons. The van der Waals surface area contributed by atoms with Crippen LogP contribution in [0.2, 0.25) is 0 Å². The second kappa shape index (κ2) is 14.2. The molecule has 3 aromatic heterocycles. The van der Waals surface area contributed by atoms with Crippen molar-refractivity contribution in [1.82, 2.24) is 13.7 Å². The number of fused-ring (bicyclic) bond motifs is 7. The molecule has 11 aromatic rings. The third-order valence-corrected chi connectivity index (χ3v) is 11.3. The van der Waals surface area contributed by atoms with Gasteiger partial charge in [-0.3, -0.25) is 4.99 Å². The molecule has 0 aliphatic heterocycles. The van der Waals surface area contributed by atoms with Crippen molar-refractivity contribution in [2.24, 2.45) is 15.7 Å². The normalized spacial score (nSPS) is 12.4. The van der Waals surface area contributed by atoms with E-state index >= 15 is 0 Å². The van der Waals surface area contributed by atoms with Gasteiger partial charge in [-0.15, -0.1) is 0 Å². The quantitative estimate of drug-likeness (QED) is 0.128. The van der Waals surface area contributed by atoms with Gasteiger partial charge in [-0.05, 0) is 72.3 Å². The molecule has 0 atom stereocenters. The zero-order valence-electron chi connectivity index (χ0n) is 32.2. The average Bonchev–Trinajstić information content (AvgIpc) is 3.97. The summed E-state index contributed by atoms with van der Waals surface area (Å²) in [6.07, 6.45) is 2.17. The number of aromatic nitrogens is 3. The van der Waals surface area contributed by atoms with E-state index in [2.05, 4.69) is 159 Å². The van der Waals surface area contributed by atoms with Crippen LogP contribution in [0.15, 0.2) is 216 Å². The summed E-state index contributed by atoms with van der Waals surface area (Å²) in [5.74, 6) is 1.00. The van der Waals surface area contributed by atoms with Crippen LogP contribution in [-0.4, -0.2) is 25.4 Å². The summed E-state index contributed by atoms with van der Waals surface area (Å²) in [5.41, 5.74) is 18.4. The van der Waals surface area contributed by atoms with Crippen LogP contribution < -0.4 is 5.73 Å². The molecular weight excluding hydrogens is 721 g/mol. The molecule has 0 saturated heterocycles. The first kappa shape index (κ1) is 34.3. The lowest BCUT2D eigenvalue weighted by Crippen LogP contribution is -2.16. The molecule has 6 nitrogen and oxygen atoms in total. The van der Waals surface area contributed by atoms with E-state index in [1.165, 1.54) is 32.4 Å². The van der Waals surface area contributed by atoms with Gasteiger partial charge in [0.05, 0.1) is 34.1 Å². The summed E-state index contributed by atoms with van der Waals surface area (Å²) in [6.45, 7) is 0.384. The first-order valence-corrected chi connectivity index (χ1v) is 19.9. The first-order chi connectivity index (χ1) is 29.2. The predicted molar refractivity (Wildman–Crippen MR) is 246 cm³/mol. The molecule has 0 bridgehead atoms. The van der Waals surface area contributed by atoms with Crippen LogP contribution in [0.1, 0.15) is 16.7 Å². The maximum atomic E-state index is 6.63. The minimum atomic E-state index is 0.384. The third-order valence-electron chi connectivity index (χ3n) is 11.3. The largest absolute Gasteiger partial charge is 0.383 e. The van der Waals surface area contributed by atoms with Crippen molar-refractivity contribution in [1.29, 1.82) is 0 Å². The number of rotatable bonds is 7. The monoisotopic (exact) mass is 758 g/mol. The molecule has 0 fully saturated rings. The summed E-state index contributed by atoms with van der Waals surface area (Å²) in [4.78, 5) is 10.1. The van der Waals surface area contributed by atoms with Crippen molar-refractivity contribution in [3.63, 3.8) is 0 Å². The van der Waals surface area contributed by atoms with Crippen molar-refractivity contribution >= 4 is 66.2 Å². The highest BCUT2D eigenvalue weighted by Crippen LogP contribution is 2.38. The lowest BCUT2D eigenvalue weighted by molar-refractivity contribution is 1.03. The molecule has 0 aliphatic carbocycles. The number of hydrogen-bond acceptors (Lipinski definition) is 1. The Kier molecular flexibility index (Phi) is 8.26. The molecule has 0 aliphatic rings. The summed E-state index contributed by atoms with van der Waals surface area (Å²) in [7, 11) is 0. The van der Waals surface area contributed by atoms with Gasteiger partial charge in [0.2, 0.25) is 0 Å². The zero-order valence-corrected chi connectivity index (χ0v) is 32.2. The number of nitrogens with zero attached hydrogens (tertiary/aromatic N) is 5. The zero-order chi connectivity index (χ0) is 39.3. The number of hydrogen-bond donors (Lipinski definition) is 1. The maximum Gasteiger partial charge on any atom is 0.157 e. The fourth-order valence-electron chi connectivity index (χ4n) is 8.63. The summed E-state index contributed by atoms with van der Waals surface area (Å²) in [5, 5.41) is 6.00. The Morgan fingerprint density at radius 3 is 1.54 bits per heavy atom. The van der Waals surface area contributed by atoms with Gasteiger partial charge in [-0.1, -0.05) is 133 Å². The van der Waals surface area contributed by atoms with Crippen LogP contribution in [0.5, 0.6) is 0 Å². The first-order valence-electron chi connectivity index (χ1n) is 19.9. The van der Waals surface area contributed by atoms with E-state index in [1.54, 1.807) is 0 Å². The van der Waals surface area contributed by atoms with Crippen molar-refractivity contribution in [3.8, 4) is 17.1 Å². The van der Waals surface area contributed by atoms with Crippen molar-refractivity contribution < 1.29 is 0 Å². The minimum Gasteiger partial charge on any atom is -0.383 e. The van der Waals surface area contributed by atoms with E-state index in [0.717, 1.165) is 55.8 Å². The molecule has 8 aromatic carbocycles. The van der Waals surface area contributed by atoms with Crippen LogP contribution in [0, 0.1) is 0 Å². The molecule has 3 heterocycles. The summed E-state index contributed by atoms with van der Waals surface area (Å²) >= 11 is 0. The van der Waals surface area contributed by atoms with Crippen molar-refractivity contribution in [2.75, 3.05) is 0 Å². The Labute approximate surface area is 341 Å². The standard InChI is InChI=1S/C53H38N6/c54-52(37-16-4-1-5-17-37)56-53(38-18-6-2-7-19-38)55-35-36-30-41(58-47-25-13-10-22-43(47)44-23-11-14-26-48(44)58)33-42(31-36)59-49-27-15-12-24-45(49)46-34-50-39(32-51(46)59)28-29-57(50)40-20-8-3-9-21-40/h1-34H,35H2,(H2,54,55,56). The van der Waals surface area contributed by atoms with Crippen LogP contribution in [-0.2, 0) is 6.54 Å². The van der Waals surface area contributed by atoms with Crippen LogP contribution >= 0.6 is 0 Å². The van der Waals surface area contributed by atoms with E-state index in [4.69, 9.17) is 15.7 Å². The number of amidine groups is 2. The molecule has 0 amide bonds. The topological polar surface area (TPSA) is 65.5 Å². The maximum absolute atomic E-state index is 6.63. The van der Waals surface area contributed by atoms with E-state index in [0.29, 0.717) is 18.2 Å². The Balaban J connectivity index is 1.15. The molecule has 0 spiro atoms. The van der Waals surface area contributed by atoms with Crippen molar-refractivity contribution in [2.45, 2.75) is 6.54 Å². The van der Waals surface area contributed by atoms with Gasteiger partial charge in [0.25, 0.3) is 0 Å². The minimum absolute atomic E-state index is 0.384. The van der Waals surface area contributed by atoms with Crippen LogP contribution in [0.3, 0.4) is 0 Å². The Morgan fingerprint density at radius 2 is 0.932 bits per heavy atom. The molecule has 280 valence electrons. The molecule has 0 saturated carbocycles.